The third kappa shape index (κ3) is 4.94. The highest BCUT2D eigenvalue weighted by atomic mass is 19.3. The average Bonchev–Trinajstić information content (AvgIpc) is 2.53. The van der Waals surface area contributed by atoms with Crippen LogP contribution < -0.4 is 9.47 Å². The second-order valence-corrected chi connectivity index (χ2v) is 5.63. The Hall–Kier alpha value is -2.11. The van der Waals surface area contributed by atoms with E-state index in [-0.39, 0.29) is 17.4 Å². The van der Waals surface area contributed by atoms with Crippen molar-refractivity contribution in [1.29, 1.82) is 0 Å². The van der Waals surface area contributed by atoms with E-state index in [1.165, 1.54) is 19.3 Å². The van der Waals surface area contributed by atoms with Crippen LogP contribution in [0.4, 0.5) is 8.78 Å². The van der Waals surface area contributed by atoms with Crippen molar-refractivity contribution in [2.24, 2.45) is 5.92 Å². The molecule has 0 saturated carbocycles. The molecule has 1 fully saturated rings. The van der Waals surface area contributed by atoms with Crippen LogP contribution in [0, 0.1) is 5.92 Å². The van der Waals surface area contributed by atoms with Crippen molar-refractivity contribution in [1.82, 2.24) is 4.90 Å². The van der Waals surface area contributed by atoms with Crippen LogP contribution in [0.2, 0.25) is 0 Å². The molecule has 1 aromatic carbocycles. The number of carbonyl (C=O) groups is 1. The van der Waals surface area contributed by atoms with Gasteiger partial charge in [-0.25, -0.2) is 0 Å². The van der Waals surface area contributed by atoms with Crippen LogP contribution in [0.3, 0.4) is 0 Å². The van der Waals surface area contributed by atoms with Gasteiger partial charge in [-0.3, -0.25) is 4.79 Å². The number of halogens is 2. The average molecular weight is 325 g/mol. The van der Waals surface area contributed by atoms with Crippen LogP contribution in [0.15, 0.2) is 24.3 Å². The van der Waals surface area contributed by atoms with E-state index in [4.69, 9.17) is 4.74 Å². The molecule has 0 atom stereocenters. The van der Waals surface area contributed by atoms with Gasteiger partial charge >= 0.3 is 6.61 Å². The van der Waals surface area contributed by atoms with Crippen LogP contribution in [0.5, 0.6) is 11.5 Å². The first-order valence-electron chi connectivity index (χ1n) is 7.59. The van der Waals surface area contributed by atoms with Crippen molar-refractivity contribution >= 4 is 12.0 Å². The molecule has 1 heterocycles. The number of carbonyl (C=O) groups excluding carboxylic acids is 1. The number of rotatable bonds is 5. The number of methoxy groups -OCH3 is 1. The number of alkyl halides is 2. The maximum atomic E-state index is 12.3. The molecule has 4 nitrogen and oxygen atoms in total. The van der Waals surface area contributed by atoms with E-state index in [0.717, 1.165) is 25.9 Å². The van der Waals surface area contributed by atoms with Gasteiger partial charge in [0, 0.05) is 19.2 Å². The monoisotopic (exact) mass is 325 g/mol. The summed E-state index contributed by atoms with van der Waals surface area (Å²) >= 11 is 0. The Morgan fingerprint density at radius 3 is 2.61 bits per heavy atom. The summed E-state index contributed by atoms with van der Waals surface area (Å²) in [6.45, 7) is 0.824. The minimum Gasteiger partial charge on any atom is -0.493 e. The molecule has 0 aromatic heterocycles. The molecule has 0 N–H and O–H groups in total. The Morgan fingerprint density at radius 2 is 2.00 bits per heavy atom. The molecule has 1 amide bonds. The molecule has 126 valence electrons. The first-order chi connectivity index (χ1) is 11.0. The third-order valence-corrected chi connectivity index (χ3v) is 3.92. The summed E-state index contributed by atoms with van der Waals surface area (Å²) in [4.78, 5) is 14.0. The molecule has 2 rings (SSSR count). The van der Waals surface area contributed by atoms with Crippen molar-refractivity contribution in [3.05, 3.63) is 29.8 Å². The summed E-state index contributed by atoms with van der Waals surface area (Å²) in [6.07, 6.45) is 5.19. The highest BCUT2D eigenvalue weighted by Crippen LogP contribution is 2.29. The maximum Gasteiger partial charge on any atom is 0.387 e. The van der Waals surface area contributed by atoms with E-state index in [1.807, 2.05) is 4.90 Å². The molecule has 1 aliphatic rings. The second kappa shape index (κ2) is 7.94. The van der Waals surface area contributed by atoms with Gasteiger partial charge in [0.2, 0.25) is 5.91 Å². The summed E-state index contributed by atoms with van der Waals surface area (Å²) < 4.78 is 34.0. The van der Waals surface area contributed by atoms with Gasteiger partial charge in [-0.1, -0.05) is 13.0 Å². The van der Waals surface area contributed by atoms with Gasteiger partial charge in [-0.2, -0.15) is 8.78 Å². The number of ether oxygens (including phenoxy) is 2. The fourth-order valence-electron chi connectivity index (χ4n) is 2.48. The molecule has 1 saturated heterocycles. The lowest BCUT2D eigenvalue weighted by atomic mass is 9.99. The van der Waals surface area contributed by atoms with Gasteiger partial charge in [0.1, 0.15) is 0 Å². The normalized spacial score (nSPS) is 16.1. The van der Waals surface area contributed by atoms with Crippen molar-refractivity contribution in [2.75, 3.05) is 20.2 Å². The first-order valence-corrected chi connectivity index (χ1v) is 7.59. The van der Waals surface area contributed by atoms with E-state index in [0.29, 0.717) is 11.5 Å². The zero-order valence-electron chi connectivity index (χ0n) is 13.3. The van der Waals surface area contributed by atoms with Gasteiger partial charge in [0.15, 0.2) is 11.5 Å². The van der Waals surface area contributed by atoms with E-state index in [2.05, 4.69) is 11.7 Å². The molecule has 0 radical (unpaired) electrons. The van der Waals surface area contributed by atoms with Crippen molar-refractivity contribution in [3.63, 3.8) is 0 Å². The molecule has 0 aliphatic carbocycles. The predicted octanol–water partition coefficient (Wildman–Crippen LogP) is 3.57. The van der Waals surface area contributed by atoms with Gasteiger partial charge in [-0.15, -0.1) is 0 Å². The minimum atomic E-state index is -2.91. The Labute approximate surface area is 134 Å². The number of hydrogen-bond donors (Lipinski definition) is 0. The number of likely N-dealkylation sites (tertiary alicyclic amines) is 1. The summed E-state index contributed by atoms with van der Waals surface area (Å²) in [5.41, 5.74) is 0.683. The zero-order valence-corrected chi connectivity index (χ0v) is 13.3. The highest BCUT2D eigenvalue weighted by Gasteiger charge is 2.18. The summed E-state index contributed by atoms with van der Waals surface area (Å²) in [6, 6.07) is 4.56. The fourth-order valence-corrected chi connectivity index (χ4v) is 2.48. The molecule has 0 bridgehead atoms. The van der Waals surface area contributed by atoms with Gasteiger partial charge < -0.3 is 14.4 Å². The lowest BCUT2D eigenvalue weighted by Crippen LogP contribution is -2.36. The number of hydrogen-bond acceptors (Lipinski definition) is 3. The molecular weight excluding hydrogens is 304 g/mol. The molecular formula is C17H21F2NO3. The molecule has 1 aliphatic heterocycles. The highest BCUT2D eigenvalue weighted by molar-refractivity contribution is 5.91. The SMILES string of the molecule is COc1cc(C=CC(=O)N2CCC(C)CC2)ccc1OC(F)F. The van der Waals surface area contributed by atoms with E-state index in [1.54, 1.807) is 18.2 Å². The number of benzene rings is 1. The Balaban J connectivity index is 2.03. The Kier molecular flexibility index (Phi) is 5.96. The number of amides is 1. The zero-order chi connectivity index (χ0) is 16.8. The third-order valence-electron chi connectivity index (χ3n) is 3.92. The van der Waals surface area contributed by atoms with E-state index < -0.39 is 6.61 Å². The fraction of sp³-hybridized carbons (Fsp3) is 0.471. The smallest absolute Gasteiger partial charge is 0.387 e. The van der Waals surface area contributed by atoms with Crippen LogP contribution in [0.1, 0.15) is 25.3 Å². The van der Waals surface area contributed by atoms with Crippen LogP contribution in [0.25, 0.3) is 6.08 Å². The molecule has 1 aromatic rings. The lowest BCUT2D eigenvalue weighted by Gasteiger charge is -2.29. The number of nitrogens with zero attached hydrogens (tertiary/aromatic N) is 1. The summed E-state index contributed by atoms with van der Waals surface area (Å²) in [7, 11) is 1.38. The quantitative estimate of drug-likeness (QED) is 0.777. The van der Waals surface area contributed by atoms with Crippen LogP contribution in [-0.2, 0) is 4.79 Å². The van der Waals surface area contributed by atoms with Crippen LogP contribution in [-0.4, -0.2) is 37.6 Å². The first kappa shape index (κ1) is 17.2. The molecule has 0 unspecified atom stereocenters. The van der Waals surface area contributed by atoms with Gasteiger partial charge in [0.05, 0.1) is 7.11 Å². The van der Waals surface area contributed by atoms with Crippen LogP contribution >= 0.6 is 0 Å². The molecule has 23 heavy (non-hydrogen) atoms. The summed E-state index contributed by atoms with van der Waals surface area (Å²) in [5.74, 6) is 0.793. The minimum absolute atomic E-state index is 0.0315. The largest absolute Gasteiger partial charge is 0.493 e. The Bertz CT molecular complexity index is 567. The lowest BCUT2D eigenvalue weighted by molar-refractivity contribution is -0.127. The van der Waals surface area contributed by atoms with Gasteiger partial charge in [0.25, 0.3) is 0 Å². The van der Waals surface area contributed by atoms with Gasteiger partial charge in [-0.05, 0) is 42.5 Å². The van der Waals surface area contributed by atoms with E-state index >= 15 is 0 Å². The molecule has 6 heteroatoms. The number of piperidine rings is 1. The summed E-state index contributed by atoms with van der Waals surface area (Å²) in [5, 5.41) is 0. The van der Waals surface area contributed by atoms with Crippen molar-refractivity contribution in [2.45, 2.75) is 26.4 Å². The topological polar surface area (TPSA) is 38.8 Å². The standard InChI is InChI=1S/C17H21F2NO3/c1-12-7-9-20(10-8-12)16(21)6-4-13-3-5-14(23-17(18)19)15(11-13)22-2/h3-6,11-12,17H,7-10H2,1-2H3. The maximum absolute atomic E-state index is 12.3. The van der Waals surface area contributed by atoms with Crippen molar-refractivity contribution in [3.8, 4) is 11.5 Å². The molecule has 0 spiro atoms. The predicted molar refractivity (Wildman–Crippen MR) is 83.6 cm³/mol. The second-order valence-electron chi connectivity index (χ2n) is 5.63. The van der Waals surface area contributed by atoms with Crippen molar-refractivity contribution < 1.29 is 23.0 Å². The Morgan fingerprint density at radius 1 is 1.30 bits per heavy atom. The van der Waals surface area contributed by atoms with E-state index in [9.17, 15) is 13.6 Å².